The third-order valence-electron chi connectivity index (χ3n) is 3.39. The lowest BCUT2D eigenvalue weighted by Gasteiger charge is -2.14. The van der Waals surface area contributed by atoms with Crippen molar-refractivity contribution in [2.75, 3.05) is 5.32 Å². The predicted octanol–water partition coefficient (Wildman–Crippen LogP) is 3.83. The van der Waals surface area contributed by atoms with Gasteiger partial charge < -0.3 is 9.88 Å². The first-order chi connectivity index (χ1) is 9.11. The van der Waals surface area contributed by atoms with E-state index in [0.717, 1.165) is 19.5 Å². The molecule has 1 heterocycles. The quantitative estimate of drug-likeness (QED) is 0.882. The molecule has 102 valence electrons. The first-order valence-corrected chi connectivity index (χ1v) is 6.92. The Morgan fingerprint density at radius 3 is 2.47 bits per heavy atom. The molecule has 19 heavy (non-hydrogen) atoms. The Morgan fingerprint density at radius 1 is 1.16 bits per heavy atom. The van der Waals surface area contributed by atoms with Crippen molar-refractivity contribution in [1.29, 1.82) is 0 Å². The van der Waals surface area contributed by atoms with Gasteiger partial charge in [-0.25, -0.2) is 4.98 Å². The summed E-state index contributed by atoms with van der Waals surface area (Å²) < 4.78 is 2.21. The minimum Gasteiger partial charge on any atom is -0.379 e. The molecule has 0 amide bonds. The Morgan fingerprint density at radius 2 is 1.84 bits per heavy atom. The van der Waals surface area contributed by atoms with Crippen molar-refractivity contribution in [1.82, 2.24) is 9.55 Å². The van der Waals surface area contributed by atoms with Crippen LogP contribution in [0.5, 0.6) is 0 Å². The van der Waals surface area contributed by atoms with Crippen LogP contribution in [0.4, 0.5) is 5.69 Å². The van der Waals surface area contributed by atoms with Gasteiger partial charge in [0.15, 0.2) is 0 Å². The van der Waals surface area contributed by atoms with Gasteiger partial charge in [0.05, 0.1) is 18.6 Å². The molecule has 1 aromatic carbocycles. The van der Waals surface area contributed by atoms with E-state index in [1.165, 1.54) is 28.1 Å². The van der Waals surface area contributed by atoms with Crippen LogP contribution in [0.25, 0.3) is 0 Å². The first kappa shape index (κ1) is 13.7. The van der Waals surface area contributed by atoms with E-state index < -0.39 is 0 Å². The summed E-state index contributed by atoms with van der Waals surface area (Å²) in [7, 11) is 0. The summed E-state index contributed by atoms with van der Waals surface area (Å²) in [6.45, 7) is 10.5. The van der Waals surface area contributed by atoms with Gasteiger partial charge in [-0.3, -0.25) is 0 Å². The zero-order valence-corrected chi connectivity index (χ0v) is 12.3. The maximum Gasteiger partial charge on any atom is 0.0948 e. The molecule has 2 rings (SSSR count). The Labute approximate surface area is 115 Å². The van der Waals surface area contributed by atoms with Crippen LogP contribution in [0.2, 0.25) is 0 Å². The second-order valence-corrected chi connectivity index (χ2v) is 5.21. The molecule has 0 radical (unpaired) electrons. The fourth-order valence-corrected chi connectivity index (χ4v) is 2.58. The van der Waals surface area contributed by atoms with Crippen LogP contribution in [0.15, 0.2) is 24.7 Å². The molecule has 0 spiro atoms. The SMILES string of the molecule is CCCn1cncc1CNc1c(C)cc(C)cc1C. The van der Waals surface area contributed by atoms with Gasteiger partial charge in [0.2, 0.25) is 0 Å². The zero-order chi connectivity index (χ0) is 13.8. The Bertz CT molecular complexity index is 532. The molecule has 3 heteroatoms. The van der Waals surface area contributed by atoms with E-state index in [1.807, 2.05) is 12.5 Å². The lowest BCUT2D eigenvalue weighted by Crippen LogP contribution is -2.08. The molecule has 0 unspecified atom stereocenters. The molecule has 0 saturated heterocycles. The van der Waals surface area contributed by atoms with Crippen molar-refractivity contribution in [3.8, 4) is 0 Å². The molecule has 0 aliphatic rings. The molecule has 0 bridgehead atoms. The number of rotatable bonds is 5. The van der Waals surface area contributed by atoms with Gasteiger partial charge in [0.1, 0.15) is 0 Å². The van der Waals surface area contributed by atoms with Crippen molar-refractivity contribution in [2.24, 2.45) is 0 Å². The summed E-state index contributed by atoms with van der Waals surface area (Å²) >= 11 is 0. The maximum atomic E-state index is 4.23. The largest absolute Gasteiger partial charge is 0.379 e. The Kier molecular flexibility index (Phi) is 4.25. The highest BCUT2D eigenvalue weighted by molar-refractivity contribution is 5.58. The van der Waals surface area contributed by atoms with Crippen LogP contribution >= 0.6 is 0 Å². The number of aryl methyl sites for hydroxylation is 4. The average molecular weight is 257 g/mol. The van der Waals surface area contributed by atoms with Gasteiger partial charge in [0, 0.05) is 18.4 Å². The third kappa shape index (κ3) is 3.16. The molecule has 1 N–H and O–H groups in total. The van der Waals surface area contributed by atoms with E-state index in [-0.39, 0.29) is 0 Å². The fraction of sp³-hybridized carbons (Fsp3) is 0.438. The van der Waals surface area contributed by atoms with Crippen molar-refractivity contribution < 1.29 is 0 Å². The summed E-state index contributed by atoms with van der Waals surface area (Å²) in [6, 6.07) is 4.44. The zero-order valence-electron chi connectivity index (χ0n) is 12.3. The summed E-state index contributed by atoms with van der Waals surface area (Å²) in [5.74, 6) is 0. The normalized spacial score (nSPS) is 10.7. The summed E-state index contributed by atoms with van der Waals surface area (Å²) in [6.07, 6.45) is 4.99. The molecule has 0 saturated carbocycles. The van der Waals surface area contributed by atoms with Gasteiger partial charge in [-0.2, -0.15) is 0 Å². The molecule has 0 fully saturated rings. The minimum absolute atomic E-state index is 0.824. The minimum atomic E-state index is 0.824. The standard InChI is InChI=1S/C16H23N3/c1-5-6-19-11-17-9-15(19)10-18-16-13(3)7-12(2)8-14(16)4/h7-9,11,18H,5-6,10H2,1-4H3. The predicted molar refractivity (Wildman–Crippen MR) is 80.5 cm³/mol. The van der Waals surface area contributed by atoms with E-state index in [4.69, 9.17) is 0 Å². The van der Waals surface area contributed by atoms with Crippen LogP contribution in [0.3, 0.4) is 0 Å². The molecular formula is C16H23N3. The molecule has 0 atom stereocenters. The Hall–Kier alpha value is -1.77. The van der Waals surface area contributed by atoms with Gasteiger partial charge in [-0.15, -0.1) is 0 Å². The van der Waals surface area contributed by atoms with Gasteiger partial charge in [0.25, 0.3) is 0 Å². The van der Waals surface area contributed by atoms with Gasteiger partial charge in [-0.1, -0.05) is 24.6 Å². The Balaban J connectivity index is 2.12. The number of nitrogens with one attached hydrogen (secondary N) is 1. The van der Waals surface area contributed by atoms with Crippen LogP contribution < -0.4 is 5.32 Å². The molecule has 3 nitrogen and oxygen atoms in total. The van der Waals surface area contributed by atoms with E-state index in [0.29, 0.717) is 0 Å². The topological polar surface area (TPSA) is 29.9 Å². The van der Waals surface area contributed by atoms with E-state index >= 15 is 0 Å². The lowest BCUT2D eigenvalue weighted by molar-refractivity contribution is 0.651. The number of hydrogen-bond acceptors (Lipinski definition) is 2. The van der Waals surface area contributed by atoms with Crippen LogP contribution in [0.1, 0.15) is 35.7 Å². The van der Waals surface area contributed by atoms with Crippen LogP contribution in [0, 0.1) is 20.8 Å². The van der Waals surface area contributed by atoms with Crippen molar-refractivity contribution in [3.05, 3.63) is 47.0 Å². The number of hydrogen-bond donors (Lipinski definition) is 1. The van der Waals surface area contributed by atoms with E-state index in [9.17, 15) is 0 Å². The number of benzene rings is 1. The highest BCUT2D eigenvalue weighted by atomic mass is 15.1. The number of nitrogens with zero attached hydrogens (tertiary/aromatic N) is 2. The second-order valence-electron chi connectivity index (χ2n) is 5.21. The fourth-order valence-electron chi connectivity index (χ4n) is 2.58. The van der Waals surface area contributed by atoms with E-state index in [2.05, 4.69) is 54.7 Å². The van der Waals surface area contributed by atoms with Crippen molar-refractivity contribution in [3.63, 3.8) is 0 Å². The average Bonchev–Trinajstić information content (AvgIpc) is 2.76. The summed E-state index contributed by atoms with van der Waals surface area (Å²) in [5.41, 5.74) is 6.41. The highest BCUT2D eigenvalue weighted by Crippen LogP contribution is 2.22. The van der Waals surface area contributed by atoms with Crippen LogP contribution in [-0.2, 0) is 13.1 Å². The maximum absolute atomic E-state index is 4.23. The molecule has 2 aromatic rings. The second kappa shape index (κ2) is 5.91. The van der Waals surface area contributed by atoms with Crippen LogP contribution in [-0.4, -0.2) is 9.55 Å². The first-order valence-electron chi connectivity index (χ1n) is 6.92. The summed E-state index contributed by atoms with van der Waals surface area (Å²) in [4.78, 5) is 4.23. The lowest BCUT2D eigenvalue weighted by atomic mass is 10.1. The third-order valence-corrected chi connectivity index (χ3v) is 3.39. The number of aromatic nitrogens is 2. The van der Waals surface area contributed by atoms with Gasteiger partial charge in [-0.05, 0) is 38.3 Å². The van der Waals surface area contributed by atoms with E-state index in [1.54, 1.807) is 0 Å². The summed E-state index contributed by atoms with van der Waals surface area (Å²) in [5, 5.41) is 3.55. The highest BCUT2D eigenvalue weighted by Gasteiger charge is 2.05. The van der Waals surface area contributed by atoms with Crippen molar-refractivity contribution in [2.45, 2.75) is 47.2 Å². The molecule has 0 aliphatic heterocycles. The molecule has 1 aromatic heterocycles. The number of imidazole rings is 1. The van der Waals surface area contributed by atoms with Crippen molar-refractivity contribution >= 4 is 5.69 Å². The number of anilines is 1. The molecular weight excluding hydrogens is 234 g/mol. The van der Waals surface area contributed by atoms with Gasteiger partial charge >= 0.3 is 0 Å². The molecule has 0 aliphatic carbocycles. The monoisotopic (exact) mass is 257 g/mol. The smallest absolute Gasteiger partial charge is 0.0948 e.